The first-order valence-electron chi connectivity index (χ1n) is 4.72. The molecule has 0 aliphatic carbocycles. The van der Waals surface area contributed by atoms with Gasteiger partial charge in [-0.25, -0.2) is 0 Å². The van der Waals surface area contributed by atoms with Crippen LogP contribution in [-0.2, 0) is 0 Å². The molecule has 1 atom stereocenters. The number of fused-ring (bicyclic) bond motifs is 1. The highest BCUT2D eigenvalue weighted by atomic mass is 16.5. The highest BCUT2D eigenvalue weighted by Gasteiger charge is 2.21. The highest BCUT2D eigenvalue weighted by molar-refractivity contribution is 5.98. The van der Waals surface area contributed by atoms with Crippen LogP contribution in [0.3, 0.4) is 0 Å². The third kappa shape index (κ3) is 1.45. The third-order valence-electron chi connectivity index (χ3n) is 2.33. The van der Waals surface area contributed by atoms with Gasteiger partial charge in [0.1, 0.15) is 12.4 Å². The molecule has 1 heterocycles. The lowest BCUT2D eigenvalue weighted by molar-refractivity contribution is 0.0942. The quantitative estimate of drug-likeness (QED) is 0.675. The van der Waals surface area contributed by atoms with Crippen molar-refractivity contribution < 1.29 is 9.53 Å². The van der Waals surface area contributed by atoms with Crippen molar-refractivity contribution in [1.82, 2.24) is 5.32 Å². The lowest BCUT2D eigenvalue weighted by atomic mass is 10.1. The Morgan fingerprint density at radius 2 is 2.29 bits per heavy atom. The Labute approximate surface area is 83.1 Å². The van der Waals surface area contributed by atoms with Gasteiger partial charge < -0.3 is 10.1 Å². The molecule has 1 aliphatic rings. The number of amides is 1. The first-order valence-corrected chi connectivity index (χ1v) is 4.72. The number of hydrogen-bond donors (Lipinski definition) is 1. The highest BCUT2D eigenvalue weighted by Crippen LogP contribution is 2.23. The van der Waals surface area contributed by atoms with E-state index in [0.717, 1.165) is 5.56 Å². The van der Waals surface area contributed by atoms with Gasteiger partial charge in [0.05, 0.1) is 11.6 Å². The van der Waals surface area contributed by atoms with Gasteiger partial charge in [0.15, 0.2) is 0 Å². The number of nitrogens with one attached hydrogen (secondary N) is 1. The monoisotopic (exact) mass is 191 g/mol. The minimum absolute atomic E-state index is 0.0388. The van der Waals surface area contributed by atoms with E-state index in [2.05, 4.69) is 5.32 Å². The lowest BCUT2D eigenvalue weighted by Gasteiger charge is -2.07. The van der Waals surface area contributed by atoms with Crippen molar-refractivity contribution in [1.29, 1.82) is 0 Å². The zero-order chi connectivity index (χ0) is 10.1. The molecule has 0 aromatic heterocycles. The SMILES string of the molecule is Cc1cccc2c1C(=O)NC(C)CO2. The van der Waals surface area contributed by atoms with Crippen LogP contribution in [0.5, 0.6) is 5.75 Å². The molecule has 0 spiro atoms. The van der Waals surface area contributed by atoms with E-state index in [4.69, 9.17) is 4.74 Å². The van der Waals surface area contributed by atoms with Crippen LogP contribution in [0, 0.1) is 6.92 Å². The fourth-order valence-electron chi connectivity index (χ4n) is 1.60. The second-order valence-corrected chi connectivity index (χ2v) is 3.63. The van der Waals surface area contributed by atoms with Crippen molar-refractivity contribution in [3.05, 3.63) is 29.3 Å². The number of benzene rings is 1. The Hall–Kier alpha value is -1.51. The van der Waals surface area contributed by atoms with Crippen LogP contribution in [0.4, 0.5) is 0 Å². The summed E-state index contributed by atoms with van der Waals surface area (Å²) in [6.45, 7) is 4.37. The molecule has 0 saturated heterocycles. The Morgan fingerprint density at radius 1 is 1.50 bits per heavy atom. The largest absolute Gasteiger partial charge is 0.491 e. The molecule has 1 aromatic rings. The molecule has 3 nitrogen and oxygen atoms in total. The minimum Gasteiger partial charge on any atom is -0.491 e. The van der Waals surface area contributed by atoms with E-state index >= 15 is 0 Å². The third-order valence-corrected chi connectivity index (χ3v) is 2.33. The fraction of sp³-hybridized carbons (Fsp3) is 0.364. The Balaban J connectivity index is 2.49. The van der Waals surface area contributed by atoms with Crippen molar-refractivity contribution in [3.8, 4) is 5.75 Å². The second kappa shape index (κ2) is 3.33. The number of carbonyl (C=O) groups excluding carboxylic acids is 1. The van der Waals surface area contributed by atoms with Crippen LogP contribution in [-0.4, -0.2) is 18.6 Å². The molecular formula is C11H13NO2. The first-order chi connectivity index (χ1) is 6.68. The summed E-state index contributed by atoms with van der Waals surface area (Å²) in [5.74, 6) is 0.648. The van der Waals surface area contributed by atoms with E-state index in [1.807, 2.05) is 32.0 Å². The van der Waals surface area contributed by atoms with Gasteiger partial charge in [-0.2, -0.15) is 0 Å². The normalized spacial score (nSPS) is 20.4. The van der Waals surface area contributed by atoms with Crippen LogP contribution in [0.1, 0.15) is 22.8 Å². The van der Waals surface area contributed by atoms with Gasteiger partial charge in [-0.1, -0.05) is 12.1 Å². The van der Waals surface area contributed by atoms with Gasteiger partial charge in [0, 0.05) is 0 Å². The lowest BCUT2D eigenvalue weighted by Crippen LogP contribution is -2.34. The van der Waals surface area contributed by atoms with Crippen molar-refractivity contribution in [2.24, 2.45) is 0 Å². The average molecular weight is 191 g/mol. The van der Waals surface area contributed by atoms with Crippen molar-refractivity contribution >= 4 is 5.91 Å². The molecule has 2 rings (SSSR count). The van der Waals surface area contributed by atoms with Gasteiger partial charge >= 0.3 is 0 Å². The van der Waals surface area contributed by atoms with Gasteiger partial charge in [-0.15, -0.1) is 0 Å². The van der Waals surface area contributed by atoms with Crippen molar-refractivity contribution in [3.63, 3.8) is 0 Å². The zero-order valence-corrected chi connectivity index (χ0v) is 8.33. The molecule has 1 aromatic carbocycles. The molecule has 74 valence electrons. The first kappa shape index (κ1) is 9.06. The maximum Gasteiger partial charge on any atom is 0.255 e. The smallest absolute Gasteiger partial charge is 0.255 e. The van der Waals surface area contributed by atoms with Gasteiger partial charge in [-0.3, -0.25) is 4.79 Å². The summed E-state index contributed by atoms with van der Waals surface area (Å²) in [5, 5.41) is 2.87. The second-order valence-electron chi connectivity index (χ2n) is 3.63. The summed E-state index contributed by atoms with van der Waals surface area (Å²) in [6, 6.07) is 5.71. The summed E-state index contributed by atoms with van der Waals surface area (Å²) >= 11 is 0. The van der Waals surface area contributed by atoms with E-state index in [-0.39, 0.29) is 11.9 Å². The maximum atomic E-state index is 11.7. The summed E-state index contributed by atoms with van der Waals surface area (Å²) in [7, 11) is 0. The molecule has 0 saturated carbocycles. The number of aryl methyl sites for hydroxylation is 1. The molecule has 1 unspecified atom stereocenters. The number of ether oxygens (including phenoxy) is 1. The van der Waals surface area contributed by atoms with E-state index in [1.165, 1.54) is 0 Å². The fourth-order valence-corrected chi connectivity index (χ4v) is 1.60. The maximum absolute atomic E-state index is 11.7. The predicted octanol–water partition coefficient (Wildman–Crippen LogP) is 1.51. The number of carbonyl (C=O) groups is 1. The Bertz CT molecular complexity index is 374. The van der Waals surface area contributed by atoms with Gasteiger partial charge in [0.25, 0.3) is 5.91 Å². The predicted molar refractivity (Wildman–Crippen MR) is 53.6 cm³/mol. The molecule has 0 fully saturated rings. The van der Waals surface area contributed by atoms with Crippen LogP contribution in [0.2, 0.25) is 0 Å². The summed E-state index contributed by atoms with van der Waals surface area (Å²) in [5.41, 5.74) is 1.62. The van der Waals surface area contributed by atoms with Crippen molar-refractivity contribution in [2.45, 2.75) is 19.9 Å². The molecule has 1 N–H and O–H groups in total. The minimum atomic E-state index is -0.0388. The van der Waals surface area contributed by atoms with Gasteiger partial charge in [-0.05, 0) is 25.5 Å². The summed E-state index contributed by atoms with van der Waals surface area (Å²) in [4.78, 5) is 11.7. The average Bonchev–Trinajstić information content (AvgIpc) is 2.27. The molecule has 3 heteroatoms. The van der Waals surface area contributed by atoms with E-state index < -0.39 is 0 Å². The van der Waals surface area contributed by atoms with E-state index in [9.17, 15) is 4.79 Å². The molecule has 1 amide bonds. The molecule has 14 heavy (non-hydrogen) atoms. The summed E-state index contributed by atoms with van der Waals surface area (Å²) in [6.07, 6.45) is 0. The molecular weight excluding hydrogens is 178 g/mol. The van der Waals surface area contributed by atoms with E-state index in [1.54, 1.807) is 0 Å². The van der Waals surface area contributed by atoms with Crippen molar-refractivity contribution in [2.75, 3.05) is 6.61 Å². The van der Waals surface area contributed by atoms with Crippen LogP contribution in [0.25, 0.3) is 0 Å². The van der Waals surface area contributed by atoms with E-state index in [0.29, 0.717) is 17.9 Å². The van der Waals surface area contributed by atoms with Crippen LogP contribution < -0.4 is 10.1 Å². The zero-order valence-electron chi connectivity index (χ0n) is 8.33. The standard InChI is InChI=1S/C11H13NO2/c1-7-4-3-5-9-10(7)11(13)12-8(2)6-14-9/h3-5,8H,6H2,1-2H3,(H,12,13). The number of hydrogen-bond acceptors (Lipinski definition) is 2. The molecule has 0 bridgehead atoms. The summed E-state index contributed by atoms with van der Waals surface area (Å²) < 4.78 is 5.53. The molecule has 0 radical (unpaired) electrons. The Kier molecular flexibility index (Phi) is 2.15. The van der Waals surface area contributed by atoms with Crippen LogP contribution in [0.15, 0.2) is 18.2 Å². The Morgan fingerprint density at radius 3 is 3.07 bits per heavy atom. The topological polar surface area (TPSA) is 38.3 Å². The molecule has 1 aliphatic heterocycles. The number of rotatable bonds is 0. The van der Waals surface area contributed by atoms with Gasteiger partial charge in [0.2, 0.25) is 0 Å². The van der Waals surface area contributed by atoms with Crippen LogP contribution >= 0.6 is 0 Å².